The van der Waals surface area contributed by atoms with Crippen molar-refractivity contribution in [2.75, 3.05) is 13.2 Å². The second-order valence-electron chi connectivity index (χ2n) is 4.41. The van der Waals surface area contributed by atoms with Crippen molar-refractivity contribution in [3.8, 4) is 0 Å². The Balaban J connectivity index is 2.47. The number of ether oxygens (including phenoxy) is 1. The molecule has 0 aliphatic rings. The summed E-state index contributed by atoms with van der Waals surface area (Å²) in [6.45, 7) is 10.0. The highest BCUT2D eigenvalue weighted by Crippen LogP contribution is 2.15. The zero-order chi connectivity index (χ0) is 12.0. The minimum absolute atomic E-state index is 0.225. The lowest BCUT2D eigenvalue weighted by atomic mass is 10.0. The standard InChI is InChI=1S/C13H23NO2/c1-5-15-9-12(10(2)3)14-11(4)13-7-6-8-16-13/h6-8,10-12,14H,5,9H2,1-4H3. The lowest BCUT2D eigenvalue weighted by Gasteiger charge is -2.25. The molecular weight excluding hydrogens is 202 g/mol. The Morgan fingerprint density at radius 3 is 2.62 bits per heavy atom. The molecule has 1 heterocycles. The minimum Gasteiger partial charge on any atom is -0.468 e. The summed E-state index contributed by atoms with van der Waals surface area (Å²) in [4.78, 5) is 0. The Kier molecular flexibility index (Phi) is 5.56. The van der Waals surface area contributed by atoms with Gasteiger partial charge in [0.05, 0.1) is 18.9 Å². The van der Waals surface area contributed by atoms with Gasteiger partial charge in [0.1, 0.15) is 5.76 Å². The maximum Gasteiger partial charge on any atom is 0.120 e. The molecule has 0 aliphatic carbocycles. The second-order valence-corrected chi connectivity index (χ2v) is 4.41. The summed E-state index contributed by atoms with van der Waals surface area (Å²) in [7, 11) is 0. The number of nitrogens with one attached hydrogen (secondary N) is 1. The molecule has 0 aromatic carbocycles. The monoisotopic (exact) mass is 225 g/mol. The Labute approximate surface area is 98.2 Å². The zero-order valence-corrected chi connectivity index (χ0v) is 10.7. The van der Waals surface area contributed by atoms with Gasteiger partial charge in [-0.05, 0) is 31.9 Å². The van der Waals surface area contributed by atoms with Crippen molar-refractivity contribution < 1.29 is 9.15 Å². The first kappa shape index (κ1) is 13.3. The van der Waals surface area contributed by atoms with E-state index in [1.807, 2.05) is 19.1 Å². The van der Waals surface area contributed by atoms with Crippen LogP contribution in [0, 0.1) is 5.92 Å². The van der Waals surface area contributed by atoms with Crippen LogP contribution in [0.15, 0.2) is 22.8 Å². The highest BCUT2D eigenvalue weighted by molar-refractivity contribution is 5.03. The average molecular weight is 225 g/mol. The molecule has 0 amide bonds. The van der Waals surface area contributed by atoms with E-state index in [0.29, 0.717) is 12.0 Å². The minimum atomic E-state index is 0.225. The van der Waals surface area contributed by atoms with Crippen molar-refractivity contribution in [1.82, 2.24) is 5.32 Å². The highest BCUT2D eigenvalue weighted by Gasteiger charge is 2.17. The van der Waals surface area contributed by atoms with Crippen molar-refractivity contribution in [3.05, 3.63) is 24.2 Å². The van der Waals surface area contributed by atoms with Crippen LogP contribution in [-0.4, -0.2) is 19.3 Å². The van der Waals surface area contributed by atoms with E-state index in [0.717, 1.165) is 19.0 Å². The average Bonchev–Trinajstić information content (AvgIpc) is 2.76. The van der Waals surface area contributed by atoms with Crippen LogP contribution in [-0.2, 0) is 4.74 Å². The van der Waals surface area contributed by atoms with E-state index in [9.17, 15) is 0 Å². The smallest absolute Gasteiger partial charge is 0.120 e. The number of furan rings is 1. The van der Waals surface area contributed by atoms with Gasteiger partial charge in [0.25, 0.3) is 0 Å². The number of hydrogen-bond acceptors (Lipinski definition) is 3. The molecule has 1 aromatic rings. The molecule has 92 valence electrons. The largest absolute Gasteiger partial charge is 0.468 e. The Bertz CT molecular complexity index is 269. The topological polar surface area (TPSA) is 34.4 Å². The van der Waals surface area contributed by atoms with Crippen LogP contribution in [0.1, 0.15) is 39.5 Å². The van der Waals surface area contributed by atoms with E-state index in [2.05, 4.69) is 26.1 Å². The quantitative estimate of drug-likeness (QED) is 0.774. The molecule has 0 aliphatic heterocycles. The van der Waals surface area contributed by atoms with Gasteiger partial charge in [0.2, 0.25) is 0 Å². The molecule has 0 spiro atoms. The van der Waals surface area contributed by atoms with Gasteiger partial charge in [0, 0.05) is 12.6 Å². The molecule has 0 bridgehead atoms. The van der Waals surface area contributed by atoms with Crippen LogP contribution in [0.5, 0.6) is 0 Å². The number of rotatable bonds is 7. The van der Waals surface area contributed by atoms with Crippen LogP contribution in [0.25, 0.3) is 0 Å². The third-order valence-electron chi connectivity index (χ3n) is 2.74. The molecular formula is C13H23NO2. The van der Waals surface area contributed by atoms with Crippen molar-refractivity contribution >= 4 is 0 Å². The van der Waals surface area contributed by atoms with E-state index < -0.39 is 0 Å². The highest BCUT2D eigenvalue weighted by atomic mass is 16.5. The normalized spacial score (nSPS) is 15.3. The summed E-state index contributed by atoms with van der Waals surface area (Å²) in [5.74, 6) is 1.52. The van der Waals surface area contributed by atoms with Crippen LogP contribution in [0.2, 0.25) is 0 Å². The Morgan fingerprint density at radius 2 is 2.12 bits per heavy atom. The Hall–Kier alpha value is -0.800. The molecule has 2 atom stereocenters. The summed E-state index contributed by atoms with van der Waals surface area (Å²) < 4.78 is 10.9. The summed E-state index contributed by atoms with van der Waals surface area (Å²) >= 11 is 0. The van der Waals surface area contributed by atoms with Gasteiger partial charge in [-0.15, -0.1) is 0 Å². The summed E-state index contributed by atoms with van der Waals surface area (Å²) in [5.41, 5.74) is 0. The van der Waals surface area contributed by atoms with E-state index in [4.69, 9.17) is 9.15 Å². The first-order chi connectivity index (χ1) is 7.65. The van der Waals surface area contributed by atoms with E-state index in [1.165, 1.54) is 0 Å². The summed E-state index contributed by atoms with van der Waals surface area (Å²) in [5, 5.41) is 3.53. The molecule has 0 saturated carbocycles. The van der Waals surface area contributed by atoms with Gasteiger partial charge >= 0.3 is 0 Å². The predicted molar refractivity (Wildman–Crippen MR) is 65.4 cm³/mol. The van der Waals surface area contributed by atoms with Crippen LogP contribution in [0.4, 0.5) is 0 Å². The maximum absolute atomic E-state index is 5.48. The van der Waals surface area contributed by atoms with E-state index in [1.54, 1.807) is 6.26 Å². The van der Waals surface area contributed by atoms with Gasteiger partial charge in [-0.1, -0.05) is 13.8 Å². The molecule has 0 radical (unpaired) electrons. The van der Waals surface area contributed by atoms with Crippen molar-refractivity contribution in [1.29, 1.82) is 0 Å². The lowest BCUT2D eigenvalue weighted by Crippen LogP contribution is -2.39. The predicted octanol–water partition coefficient (Wildman–Crippen LogP) is 2.99. The first-order valence-corrected chi connectivity index (χ1v) is 6.02. The fourth-order valence-electron chi connectivity index (χ4n) is 1.62. The van der Waals surface area contributed by atoms with Crippen LogP contribution < -0.4 is 5.32 Å². The zero-order valence-electron chi connectivity index (χ0n) is 10.7. The first-order valence-electron chi connectivity index (χ1n) is 6.02. The second kappa shape index (κ2) is 6.71. The van der Waals surface area contributed by atoms with Crippen LogP contribution >= 0.6 is 0 Å². The van der Waals surface area contributed by atoms with Crippen molar-refractivity contribution in [3.63, 3.8) is 0 Å². The fraction of sp³-hybridized carbons (Fsp3) is 0.692. The molecule has 1 rings (SSSR count). The van der Waals surface area contributed by atoms with Gasteiger partial charge in [-0.2, -0.15) is 0 Å². The van der Waals surface area contributed by atoms with Gasteiger partial charge < -0.3 is 14.5 Å². The van der Waals surface area contributed by atoms with Crippen molar-refractivity contribution in [2.24, 2.45) is 5.92 Å². The van der Waals surface area contributed by atoms with Gasteiger partial charge in [0.15, 0.2) is 0 Å². The third kappa shape index (κ3) is 3.99. The van der Waals surface area contributed by atoms with Crippen molar-refractivity contribution in [2.45, 2.75) is 39.8 Å². The number of hydrogen-bond donors (Lipinski definition) is 1. The molecule has 2 unspecified atom stereocenters. The fourth-order valence-corrected chi connectivity index (χ4v) is 1.62. The summed E-state index contributed by atoms with van der Waals surface area (Å²) in [6.07, 6.45) is 1.71. The lowest BCUT2D eigenvalue weighted by molar-refractivity contribution is 0.103. The molecule has 0 saturated heterocycles. The molecule has 1 aromatic heterocycles. The Morgan fingerprint density at radius 1 is 1.38 bits per heavy atom. The van der Waals surface area contributed by atoms with Crippen LogP contribution in [0.3, 0.4) is 0 Å². The molecule has 0 fully saturated rings. The van der Waals surface area contributed by atoms with Gasteiger partial charge in [-0.3, -0.25) is 0 Å². The van der Waals surface area contributed by atoms with E-state index >= 15 is 0 Å². The summed E-state index contributed by atoms with van der Waals surface area (Å²) in [6, 6.07) is 4.50. The molecule has 3 nitrogen and oxygen atoms in total. The molecule has 1 N–H and O–H groups in total. The molecule has 3 heteroatoms. The molecule has 16 heavy (non-hydrogen) atoms. The van der Waals surface area contributed by atoms with E-state index in [-0.39, 0.29) is 6.04 Å². The third-order valence-corrected chi connectivity index (χ3v) is 2.74. The maximum atomic E-state index is 5.48. The SMILES string of the molecule is CCOCC(NC(C)c1ccco1)C(C)C. The van der Waals surface area contributed by atoms with Gasteiger partial charge in [-0.25, -0.2) is 0 Å².